The van der Waals surface area contributed by atoms with E-state index < -0.39 is 0 Å². The van der Waals surface area contributed by atoms with E-state index in [9.17, 15) is 4.79 Å². The molecule has 3 unspecified atom stereocenters. The fourth-order valence-electron chi connectivity index (χ4n) is 5.31. The van der Waals surface area contributed by atoms with Crippen LogP contribution in [0.3, 0.4) is 0 Å². The molecule has 5 N–H and O–H groups in total. The maximum atomic E-state index is 12.5. The average molecular weight is 512 g/mol. The predicted octanol–water partition coefficient (Wildman–Crippen LogP) is 3.50. The van der Waals surface area contributed by atoms with Crippen LogP contribution in [0, 0.1) is 5.92 Å². The zero-order valence-corrected chi connectivity index (χ0v) is 21.2. The first-order valence-corrected chi connectivity index (χ1v) is 13.4. The van der Waals surface area contributed by atoms with E-state index in [1.807, 2.05) is 6.08 Å². The van der Waals surface area contributed by atoms with Crippen LogP contribution >= 0.6 is 0 Å². The lowest BCUT2D eigenvalue weighted by atomic mass is 9.94. The molecule has 3 aliphatic heterocycles. The lowest BCUT2D eigenvalue weighted by Crippen LogP contribution is -2.60. The van der Waals surface area contributed by atoms with Crippen molar-refractivity contribution in [1.82, 2.24) is 26.2 Å². The van der Waals surface area contributed by atoms with Crippen molar-refractivity contribution in [2.24, 2.45) is 11.0 Å². The maximum absolute atomic E-state index is 12.5. The topological polar surface area (TPSA) is 129 Å². The highest BCUT2D eigenvalue weighted by atomic mass is 16.2. The third-order valence-corrected chi connectivity index (χ3v) is 7.47. The highest BCUT2D eigenvalue weighted by Crippen LogP contribution is 2.35. The zero-order valence-electron chi connectivity index (χ0n) is 21.2. The molecule has 5 aliphatic rings. The highest BCUT2D eigenvalue weighted by molar-refractivity contribution is 5.83. The Labute approximate surface area is 222 Å². The van der Waals surface area contributed by atoms with Gasteiger partial charge in [0.25, 0.3) is 0 Å². The molecule has 1 amide bonds. The van der Waals surface area contributed by atoms with Crippen molar-refractivity contribution in [2.45, 2.75) is 44.1 Å². The summed E-state index contributed by atoms with van der Waals surface area (Å²) >= 11 is 0. The number of fused-ring (bicyclic) bond motifs is 2. The van der Waals surface area contributed by atoms with Crippen LogP contribution in [-0.4, -0.2) is 48.8 Å². The number of anilines is 1. The number of amides is 1. The van der Waals surface area contributed by atoms with Gasteiger partial charge in [0.1, 0.15) is 12.3 Å². The molecule has 1 fully saturated rings. The van der Waals surface area contributed by atoms with Gasteiger partial charge in [0.2, 0.25) is 5.91 Å². The Morgan fingerprint density at radius 1 is 1.26 bits per heavy atom. The molecule has 1 aromatic carbocycles. The minimum absolute atomic E-state index is 0.0355. The number of carbonyl (C=O) groups excluding carboxylic acids is 1. The Hall–Kier alpha value is -4.14. The largest absolute Gasteiger partial charge is 0.381 e. The Kier molecular flexibility index (Phi) is 6.81. The molecule has 0 radical (unpaired) electrons. The SMILES string of the molecule is [N-]=[N+]=NCCCNC1NC(c2cccc3c2C=CCN3)=CN2C(C3=CCC(C(=O)NC4CC4)C=C3)=CNC12. The van der Waals surface area contributed by atoms with Gasteiger partial charge in [0.15, 0.2) is 0 Å². The molecule has 38 heavy (non-hydrogen) atoms. The summed E-state index contributed by atoms with van der Waals surface area (Å²) in [5.74, 6) is 0.0140. The summed E-state index contributed by atoms with van der Waals surface area (Å²) in [5, 5.41) is 21.1. The summed E-state index contributed by atoms with van der Waals surface area (Å²) in [6, 6.07) is 6.70. The van der Waals surface area contributed by atoms with Crippen LogP contribution in [-0.2, 0) is 4.79 Å². The minimum atomic E-state index is -0.111. The number of benzene rings is 1. The van der Waals surface area contributed by atoms with Gasteiger partial charge in [-0.2, -0.15) is 0 Å². The summed E-state index contributed by atoms with van der Waals surface area (Å²) in [5.41, 5.74) is 15.2. The lowest BCUT2D eigenvalue weighted by molar-refractivity contribution is -0.123. The number of azide groups is 1. The molecule has 6 rings (SSSR count). The number of allylic oxidation sites excluding steroid dienone is 2. The number of nitrogens with zero attached hydrogens (tertiary/aromatic N) is 4. The minimum Gasteiger partial charge on any atom is -0.381 e. The molecular weight excluding hydrogens is 478 g/mol. The van der Waals surface area contributed by atoms with Gasteiger partial charge in [-0.15, -0.1) is 0 Å². The molecule has 2 aliphatic carbocycles. The summed E-state index contributed by atoms with van der Waals surface area (Å²) in [6.07, 6.45) is 18.3. The molecule has 0 aromatic heterocycles. The third kappa shape index (κ3) is 5.01. The number of hydrogen-bond donors (Lipinski definition) is 5. The van der Waals surface area contributed by atoms with Gasteiger partial charge in [0.05, 0.1) is 17.3 Å². The molecule has 0 saturated heterocycles. The summed E-state index contributed by atoms with van der Waals surface area (Å²) in [6.45, 7) is 1.99. The van der Waals surface area contributed by atoms with Crippen molar-refractivity contribution in [3.8, 4) is 0 Å². The maximum Gasteiger partial charge on any atom is 0.227 e. The van der Waals surface area contributed by atoms with Gasteiger partial charge < -0.3 is 26.2 Å². The van der Waals surface area contributed by atoms with Crippen LogP contribution in [0.2, 0.25) is 0 Å². The second-order valence-electron chi connectivity index (χ2n) is 10.2. The normalized spacial score (nSPS) is 24.9. The standard InChI is InChI=1S/C28H33N9O/c29-36-33-15-3-14-31-26-27-32-16-25(18-7-9-19(10-8-18)28(38)34-20-11-12-20)37(27)17-24(35-26)22-4-1-6-23-21(22)5-2-13-30-23/h1-2,4-9,16-17,19-20,26-27,30-32,35H,3,10-15H2,(H,34,38). The van der Waals surface area contributed by atoms with E-state index in [0.29, 0.717) is 25.6 Å². The second kappa shape index (κ2) is 10.7. The van der Waals surface area contributed by atoms with E-state index in [0.717, 1.165) is 59.6 Å². The number of rotatable bonds is 9. The Morgan fingerprint density at radius 2 is 2.18 bits per heavy atom. The van der Waals surface area contributed by atoms with Crippen molar-refractivity contribution in [1.29, 1.82) is 0 Å². The van der Waals surface area contributed by atoms with Crippen molar-refractivity contribution in [2.75, 3.05) is 25.0 Å². The fourth-order valence-corrected chi connectivity index (χ4v) is 5.31. The van der Waals surface area contributed by atoms with Crippen LogP contribution in [0.5, 0.6) is 0 Å². The molecule has 1 aromatic rings. The first-order chi connectivity index (χ1) is 18.7. The Morgan fingerprint density at radius 3 is 3.00 bits per heavy atom. The van der Waals surface area contributed by atoms with Crippen LogP contribution in [0.4, 0.5) is 5.69 Å². The number of nitrogens with one attached hydrogen (secondary N) is 5. The van der Waals surface area contributed by atoms with Gasteiger partial charge in [-0.05, 0) is 49.4 Å². The van der Waals surface area contributed by atoms with E-state index in [1.165, 1.54) is 0 Å². The van der Waals surface area contributed by atoms with Crippen molar-refractivity contribution in [3.05, 3.63) is 87.7 Å². The Bertz CT molecular complexity index is 1300. The van der Waals surface area contributed by atoms with E-state index >= 15 is 0 Å². The summed E-state index contributed by atoms with van der Waals surface area (Å²) in [4.78, 5) is 17.7. The van der Waals surface area contributed by atoms with Crippen LogP contribution in [0.15, 0.2) is 71.3 Å². The van der Waals surface area contributed by atoms with Gasteiger partial charge in [-0.1, -0.05) is 47.6 Å². The fraction of sp³-hybridized carbons (Fsp3) is 0.393. The second-order valence-corrected chi connectivity index (χ2v) is 10.2. The molecule has 196 valence electrons. The Balaban J connectivity index is 1.24. The molecule has 0 bridgehead atoms. The molecule has 1 saturated carbocycles. The van der Waals surface area contributed by atoms with Crippen LogP contribution < -0.4 is 26.6 Å². The zero-order chi connectivity index (χ0) is 25.9. The van der Waals surface area contributed by atoms with Crippen LogP contribution in [0.1, 0.15) is 36.8 Å². The number of hydrogen-bond acceptors (Lipinski definition) is 7. The molecule has 3 heterocycles. The summed E-state index contributed by atoms with van der Waals surface area (Å²) in [7, 11) is 0. The van der Waals surface area contributed by atoms with Crippen molar-refractivity contribution >= 4 is 23.4 Å². The molecule has 0 spiro atoms. The number of carbonyl (C=O) groups is 1. The molecular formula is C28H33N9O. The first kappa shape index (κ1) is 24.2. The first-order valence-electron chi connectivity index (χ1n) is 13.4. The van der Waals surface area contributed by atoms with Crippen molar-refractivity contribution < 1.29 is 4.79 Å². The van der Waals surface area contributed by atoms with E-state index in [2.05, 4.69) is 96.4 Å². The van der Waals surface area contributed by atoms with Gasteiger partial charge in [-0.3, -0.25) is 10.1 Å². The average Bonchev–Trinajstić information content (AvgIpc) is 3.67. The molecule has 10 heteroatoms. The van der Waals surface area contributed by atoms with Gasteiger partial charge in [-0.25, -0.2) is 0 Å². The van der Waals surface area contributed by atoms with Gasteiger partial charge >= 0.3 is 0 Å². The predicted molar refractivity (Wildman–Crippen MR) is 149 cm³/mol. The molecule has 3 atom stereocenters. The molecule has 10 nitrogen and oxygen atoms in total. The van der Waals surface area contributed by atoms with E-state index in [1.54, 1.807) is 0 Å². The van der Waals surface area contributed by atoms with Gasteiger partial charge in [0, 0.05) is 53.3 Å². The van der Waals surface area contributed by atoms with E-state index in [-0.39, 0.29) is 24.2 Å². The smallest absolute Gasteiger partial charge is 0.227 e. The lowest BCUT2D eigenvalue weighted by Gasteiger charge is -2.40. The van der Waals surface area contributed by atoms with E-state index in [4.69, 9.17) is 5.53 Å². The third-order valence-electron chi connectivity index (χ3n) is 7.47. The highest BCUT2D eigenvalue weighted by Gasteiger charge is 2.37. The summed E-state index contributed by atoms with van der Waals surface area (Å²) < 4.78 is 0. The van der Waals surface area contributed by atoms with Crippen LogP contribution in [0.25, 0.3) is 22.2 Å². The quantitative estimate of drug-likeness (QED) is 0.149. The monoisotopic (exact) mass is 511 g/mol. The van der Waals surface area contributed by atoms with Crippen molar-refractivity contribution in [3.63, 3.8) is 0 Å².